The number of nitro groups is 1. The van der Waals surface area contributed by atoms with Crippen LogP contribution in [0.1, 0.15) is 6.42 Å². The number of rotatable bonds is 5. The number of hydrogen-bond acceptors (Lipinski definition) is 6. The first-order valence-corrected chi connectivity index (χ1v) is 9.71. The van der Waals surface area contributed by atoms with Gasteiger partial charge in [-0.1, -0.05) is 23.2 Å². The Morgan fingerprint density at radius 3 is 2.54 bits per heavy atom. The van der Waals surface area contributed by atoms with E-state index in [1.165, 1.54) is 12.1 Å². The second-order valence-corrected chi connectivity index (χ2v) is 7.94. The molecule has 0 spiro atoms. The smallest absolute Gasteiger partial charge is 0.272 e. The van der Waals surface area contributed by atoms with Crippen molar-refractivity contribution in [2.75, 3.05) is 49.7 Å². The van der Waals surface area contributed by atoms with Gasteiger partial charge in [0.2, 0.25) is 0 Å². The first-order chi connectivity index (χ1) is 11.5. The second kappa shape index (κ2) is 7.66. The molecule has 0 amide bonds. The van der Waals surface area contributed by atoms with Gasteiger partial charge in [0, 0.05) is 43.1 Å². The maximum Gasteiger partial charge on any atom is 0.272 e. The molecule has 0 aliphatic carbocycles. The molecule has 24 heavy (non-hydrogen) atoms. The quantitative estimate of drug-likeness (QED) is 0.611. The van der Waals surface area contributed by atoms with E-state index in [9.17, 15) is 10.1 Å². The summed E-state index contributed by atoms with van der Waals surface area (Å²) in [6.45, 7) is 4.06. The minimum absolute atomic E-state index is 0.0445. The molecule has 0 radical (unpaired) electrons. The molecule has 2 aliphatic rings. The van der Waals surface area contributed by atoms with Crippen LogP contribution in [0.25, 0.3) is 0 Å². The highest BCUT2D eigenvalue weighted by Crippen LogP contribution is 2.38. The molecule has 132 valence electrons. The highest BCUT2D eigenvalue weighted by atomic mass is 35.5. The fourth-order valence-corrected chi connectivity index (χ4v) is 5.31. The van der Waals surface area contributed by atoms with Crippen LogP contribution in [0.3, 0.4) is 0 Å². The molecule has 3 rings (SSSR count). The molecule has 2 fully saturated rings. The van der Waals surface area contributed by atoms with E-state index >= 15 is 0 Å². The predicted molar refractivity (Wildman–Crippen MR) is 98.7 cm³/mol. The van der Waals surface area contributed by atoms with Gasteiger partial charge in [-0.25, -0.2) is 0 Å². The standard InChI is InChI=1S/C15H19Cl2N3O3S/c16-12-7-11(20(21)22)8-13(17)14(12)18-9-15(1-6-24-10-15)19-2-4-23-5-3-19/h7-8,18H,1-6,9-10H2. The monoisotopic (exact) mass is 391 g/mol. The van der Waals surface area contributed by atoms with Crippen molar-refractivity contribution in [1.29, 1.82) is 0 Å². The second-order valence-electron chi connectivity index (χ2n) is 6.02. The molecule has 1 aromatic rings. The van der Waals surface area contributed by atoms with Crippen molar-refractivity contribution < 1.29 is 9.66 Å². The van der Waals surface area contributed by atoms with Crippen LogP contribution in [0.5, 0.6) is 0 Å². The lowest BCUT2D eigenvalue weighted by Crippen LogP contribution is -2.57. The van der Waals surface area contributed by atoms with Gasteiger partial charge in [-0.15, -0.1) is 0 Å². The van der Waals surface area contributed by atoms with Gasteiger partial charge < -0.3 is 10.1 Å². The van der Waals surface area contributed by atoms with Crippen LogP contribution in [0, 0.1) is 10.1 Å². The number of hydrogen-bond donors (Lipinski definition) is 1. The summed E-state index contributed by atoms with van der Waals surface area (Å²) in [5, 5.41) is 14.8. The van der Waals surface area contributed by atoms with Crippen molar-refractivity contribution in [2.24, 2.45) is 0 Å². The summed E-state index contributed by atoms with van der Waals surface area (Å²) in [4.78, 5) is 12.9. The molecule has 1 aromatic carbocycles. The third-order valence-corrected chi connectivity index (χ3v) is 6.43. The Labute approximate surface area is 155 Å². The lowest BCUT2D eigenvalue weighted by Gasteiger charge is -2.43. The highest BCUT2D eigenvalue weighted by Gasteiger charge is 2.40. The van der Waals surface area contributed by atoms with Gasteiger partial charge in [-0.05, 0) is 12.2 Å². The Hall–Kier alpha value is -0.730. The molecule has 1 unspecified atom stereocenters. The molecule has 9 heteroatoms. The van der Waals surface area contributed by atoms with Crippen LogP contribution in [0.2, 0.25) is 10.0 Å². The molecule has 1 N–H and O–H groups in total. The Balaban J connectivity index is 1.76. The van der Waals surface area contributed by atoms with E-state index in [2.05, 4.69) is 10.2 Å². The summed E-state index contributed by atoms with van der Waals surface area (Å²) in [6, 6.07) is 2.67. The van der Waals surface area contributed by atoms with Crippen molar-refractivity contribution >= 4 is 46.3 Å². The Morgan fingerprint density at radius 1 is 1.33 bits per heavy atom. The Morgan fingerprint density at radius 2 is 2.00 bits per heavy atom. The maximum absolute atomic E-state index is 10.9. The number of anilines is 1. The summed E-state index contributed by atoms with van der Waals surface area (Å²) in [7, 11) is 0. The van der Waals surface area contributed by atoms with Crippen molar-refractivity contribution in [3.8, 4) is 0 Å². The molecule has 6 nitrogen and oxygen atoms in total. The summed E-state index contributed by atoms with van der Waals surface area (Å²) in [5.74, 6) is 2.17. The average molecular weight is 392 g/mol. The predicted octanol–water partition coefficient (Wildman–Crippen LogP) is 3.52. The number of thioether (sulfide) groups is 1. The number of nitrogens with one attached hydrogen (secondary N) is 1. The Kier molecular flexibility index (Phi) is 5.77. The minimum atomic E-state index is -0.496. The molecule has 1 atom stereocenters. The van der Waals surface area contributed by atoms with Crippen molar-refractivity contribution in [3.05, 3.63) is 32.3 Å². The average Bonchev–Trinajstić information content (AvgIpc) is 3.05. The third kappa shape index (κ3) is 3.75. The van der Waals surface area contributed by atoms with Gasteiger partial charge in [-0.3, -0.25) is 15.0 Å². The number of ether oxygens (including phenoxy) is 1. The fourth-order valence-electron chi connectivity index (χ4n) is 3.22. The van der Waals surface area contributed by atoms with E-state index in [0.29, 0.717) is 12.2 Å². The number of non-ortho nitro benzene ring substituents is 1. The van der Waals surface area contributed by atoms with Gasteiger partial charge in [-0.2, -0.15) is 11.8 Å². The van der Waals surface area contributed by atoms with Gasteiger partial charge in [0.15, 0.2) is 0 Å². The largest absolute Gasteiger partial charge is 0.381 e. The van der Waals surface area contributed by atoms with Crippen molar-refractivity contribution in [1.82, 2.24) is 4.90 Å². The normalized spacial score (nSPS) is 24.9. The molecule has 0 aromatic heterocycles. The lowest BCUT2D eigenvalue weighted by molar-refractivity contribution is -0.384. The van der Waals surface area contributed by atoms with E-state index in [1.54, 1.807) is 0 Å². The number of nitrogens with zero attached hydrogens (tertiary/aromatic N) is 2. The molecule has 0 bridgehead atoms. The van der Waals surface area contributed by atoms with Crippen LogP contribution in [0.4, 0.5) is 11.4 Å². The first kappa shape index (κ1) is 18.1. The summed E-state index contributed by atoms with van der Waals surface area (Å²) < 4.78 is 5.47. The first-order valence-electron chi connectivity index (χ1n) is 7.80. The highest BCUT2D eigenvalue weighted by molar-refractivity contribution is 7.99. The van der Waals surface area contributed by atoms with Gasteiger partial charge in [0.05, 0.1) is 33.9 Å². The molecule has 2 aliphatic heterocycles. The van der Waals surface area contributed by atoms with E-state index in [0.717, 1.165) is 44.2 Å². The zero-order valence-corrected chi connectivity index (χ0v) is 15.4. The summed E-state index contributed by atoms with van der Waals surface area (Å²) in [6.07, 6.45) is 1.09. The van der Waals surface area contributed by atoms with Crippen LogP contribution in [-0.2, 0) is 4.74 Å². The van der Waals surface area contributed by atoms with E-state index < -0.39 is 4.92 Å². The molecule has 2 heterocycles. The molecular formula is C15H19Cl2N3O3S. The molecule has 2 saturated heterocycles. The van der Waals surface area contributed by atoms with Crippen molar-refractivity contribution in [3.63, 3.8) is 0 Å². The summed E-state index contributed by atoms with van der Waals surface area (Å²) in [5.41, 5.74) is 0.506. The van der Waals surface area contributed by atoms with Crippen molar-refractivity contribution in [2.45, 2.75) is 12.0 Å². The van der Waals surface area contributed by atoms with Crippen LogP contribution in [-0.4, -0.2) is 59.7 Å². The van der Waals surface area contributed by atoms with Gasteiger partial charge in [0.25, 0.3) is 5.69 Å². The molecule has 0 saturated carbocycles. The van der Waals surface area contributed by atoms with E-state index in [4.69, 9.17) is 27.9 Å². The third-order valence-electron chi connectivity index (χ3n) is 4.60. The Bertz CT molecular complexity index is 597. The number of morpholine rings is 1. The SMILES string of the molecule is O=[N+]([O-])c1cc(Cl)c(NCC2(N3CCOCC3)CCSC2)c(Cl)c1. The topological polar surface area (TPSA) is 67.6 Å². The van der Waals surface area contributed by atoms with Crippen LogP contribution >= 0.6 is 35.0 Å². The van der Waals surface area contributed by atoms with Crippen LogP contribution in [0.15, 0.2) is 12.1 Å². The van der Waals surface area contributed by atoms with Gasteiger partial charge in [0.1, 0.15) is 0 Å². The molecular weight excluding hydrogens is 373 g/mol. The summed E-state index contributed by atoms with van der Waals surface area (Å²) >= 11 is 14.4. The lowest BCUT2D eigenvalue weighted by atomic mass is 9.95. The minimum Gasteiger partial charge on any atom is -0.381 e. The number of nitro benzene ring substituents is 1. The van der Waals surface area contributed by atoms with E-state index in [1.807, 2.05) is 11.8 Å². The van der Waals surface area contributed by atoms with Crippen LogP contribution < -0.4 is 5.32 Å². The number of halogens is 2. The zero-order chi connectivity index (χ0) is 17.2. The fraction of sp³-hybridized carbons (Fsp3) is 0.600. The van der Waals surface area contributed by atoms with Gasteiger partial charge >= 0.3 is 0 Å². The zero-order valence-electron chi connectivity index (χ0n) is 13.1. The maximum atomic E-state index is 10.9. The number of benzene rings is 1. The van der Waals surface area contributed by atoms with E-state index in [-0.39, 0.29) is 21.3 Å².